The van der Waals surface area contributed by atoms with E-state index in [1.807, 2.05) is 0 Å². The second-order valence-corrected chi connectivity index (χ2v) is 9.38. The van der Waals surface area contributed by atoms with Crippen molar-refractivity contribution in [1.82, 2.24) is 20.1 Å². The van der Waals surface area contributed by atoms with Crippen LogP contribution < -0.4 is 11.1 Å². The summed E-state index contributed by atoms with van der Waals surface area (Å²) < 4.78 is 13.4. The highest BCUT2D eigenvalue weighted by atomic mass is 32.1. The fourth-order valence-corrected chi connectivity index (χ4v) is 5.50. The Morgan fingerprint density at radius 3 is 2.86 bits per heavy atom. The summed E-state index contributed by atoms with van der Waals surface area (Å²) in [6.45, 7) is 2.45. The molecule has 1 aliphatic carbocycles. The molecule has 0 bridgehead atoms. The molecule has 154 valence electrons. The maximum absolute atomic E-state index is 13.4. The first-order valence-corrected chi connectivity index (χ1v) is 10.9. The number of carbonyl (C=O) groups is 2. The quantitative estimate of drug-likeness (QED) is 0.775. The molecule has 0 spiro atoms. The predicted molar refractivity (Wildman–Crippen MR) is 105 cm³/mol. The van der Waals surface area contributed by atoms with Crippen molar-refractivity contribution in [3.05, 3.63) is 15.6 Å². The number of alkyl halides is 1. The van der Waals surface area contributed by atoms with E-state index in [2.05, 4.69) is 22.2 Å². The van der Waals surface area contributed by atoms with Gasteiger partial charge < -0.3 is 20.9 Å². The van der Waals surface area contributed by atoms with Gasteiger partial charge in [-0.05, 0) is 32.7 Å². The molecule has 3 heterocycles. The van der Waals surface area contributed by atoms with Gasteiger partial charge in [-0.25, -0.2) is 9.37 Å². The lowest BCUT2D eigenvalue weighted by atomic mass is 9.82. The molecule has 2 amide bonds. The number of thiazole rings is 1. The topological polar surface area (TPSA) is 91.6 Å². The molecule has 28 heavy (non-hydrogen) atoms. The fourth-order valence-electron chi connectivity index (χ4n) is 4.41. The summed E-state index contributed by atoms with van der Waals surface area (Å²) in [6.07, 6.45) is 2.24. The molecule has 4 atom stereocenters. The van der Waals surface area contributed by atoms with Gasteiger partial charge in [0.1, 0.15) is 6.17 Å². The molecule has 7 nitrogen and oxygen atoms in total. The Balaban J connectivity index is 1.39. The fraction of sp³-hybridized carbons (Fsp3) is 0.737. The monoisotopic (exact) mass is 409 g/mol. The van der Waals surface area contributed by atoms with E-state index in [4.69, 9.17) is 5.73 Å². The molecule has 1 saturated carbocycles. The summed E-state index contributed by atoms with van der Waals surface area (Å²) in [5.41, 5.74) is 7.25. The average molecular weight is 410 g/mol. The maximum atomic E-state index is 13.4. The SMILES string of the molecule is CN1CCc2nc(C(=O)NC3CC(C(=O)N4CC[C@H](F)C4)CCC3N)sc2C1. The van der Waals surface area contributed by atoms with Crippen molar-refractivity contribution < 1.29 is 14.0 Å². The minimum Gasteiger partial charge on any atom is -0.346 e. The molecule has 1 aromatic rings. The van der Waals surface area contributed by atoms with E-state index < -0.39 is 6.17 Å². The molecule has 2 fully saturated rings. The van der Waals surface area contributed by atoms with Gasteiger partial charge in [0.05, 0.1) is 12.2 Å². The van der Waals surface area contributed by atoms with Crippen LogP contribution >= 0.6 is 11.3 Å². The molecule has 0 aromatic carbocycles. The highest BCUT2D eigenvalue weighted by molar-refractivity contribution is 7.13. The Hall–Kier alpha value is -1.58. The van der Waals surface area contributed by atoms with Crippen LogP contribution in [0.1, 0.15) is 46.1 Å². The van der Waals surface area contributed by atoms with Crippen LogP contribution in [0.3, 0.4) is 0 Å². The van der Waals surface area contributed by atoms with Gasteiger partial charge in [-0.1, -0.05) is 0 Å². The molecule has 3 N–H and O–H groups in total. The first-order valence-electron chi connectivity index (χ1n) is 10.1. The molecule has 1 saturated heterocycles. The second-order valence-electron chi connectivity index (χ2n) is 8.30. The van der Waals surface area contributed by atoms with Crippen LogP contribution in [0.2, 0.25) is 0 Å². The number of amides is 2. The predicted octanol–water partition coefficient (Wildman–Crippen LogP) is 0.927. The van der Waals surface area contributed by atoms with E-state index in [1.54, 1.807) is 4.90 Å². The van der Waals surface area contributed by atoms with E-state index >= 15 is 0 Å². The molecule has 1 aromatic heterocycles. The van der Waals surface area contributed by atoms with E-state index in [1.165, 1.54) is 11.3 Å². The normalized spacial score (nSPS) is 30.9. The van der Waals surface area contributed by atoms with Crippen LogP contribution in [0.5, 0.6) is 0 Å². The smallest absolute Gasteiger partial charge is 0.280 e. The summed E-state index contributed by atoms with van der Waals surface area (Å²) in [5.74, 6) is -0.409. The Kier molecular flexibility index (Phi) is 5.66. The zero-order valence-electron chi connectivity index (χ0n) is 16.2. The van der Waals surface area contributed by atoms with Crippen molar-refractivity contribution in [2.75, 3.05) is 26.7 Å². The van der Waals surface area contributed by atoms with Gasteiger partial charge in [0.2, 0.25) is 5.91 Å². The number of carbonyl (C=O) groups excluding carboxylic acids is 2. The number of nitrogens with one attached hydrogen (secondary N) is 1. The Morgan fingerprint density at radius 2 is 2.11 bits per heavy atom. The summed E-state index contributed by atoms with van der Waals surface area (Å²) in [7, 11) is 2.06. The lowest BCUT2D eigenvalue weighted by Gasteiger charge is -2.35. The van der Waals surface area contributed by atoms with Crippen LogP contribution in [0.15, 0.2) is 0 Å². The zero-order chi connectivity index (χ0) is 19.8. The molecule has 4 rings (SSSR count). The van der Waals surface area contributed by atoms with Crippen molar-refractivity contribution in [2.45, 2.75) is 56.9 Å². The first-order chi connectivity index (χ1) is 13.4. The Labute approximate surface area is 168 Å². The Bertz CT molecular complexity index is 757. The number of aromatic nitrogens is 1. The van der Waals surface area contributed by atoms with Crippen LogP contribution in [-0.2, 0) is 17.8 Å². The minimum atomic E-state index is -0.916. The van der Waals surface area contributed by atoms with Crippen molar-refractivity contribution in [3.63, 3.8) is 0 Å². The number of nitrogens with zero attached hydrogens (tertiary/aromatic N) is 3. The minimum absolute atomic E-state index is 0.000881. The molecular weight excluding hydrogens is 381 g/mol. The number of hydrogen-bond donors (Lipinski definition) is 2. The van der Waals surface area contributed by atoms with Crippen LogP contribution in [-0.4, -0.2) is 71.5 Å². The largest absolute Gasteiger partial charge is 0.346 e. The number of hydrogen-bond acceptors (Lipinski definition) is 6. The van der Waals surface area contributed by atoms with Gasteiger partial charge in [0.25, 0.3) is 5.91 Å². The van der Waals surface area contributed by atoms with Gasteiger partial charge in [-0.2, -0.15) is 0 Å². The summed E-state index contributed by atoms with van der Waals surface area (Å²) in [4.78, 5) is 35.0. The third-order valence-corrected chi connectivity index (χ3v) is 7.21. The second kappa shape index (κ2) is 8.04. The molecular formula is C19H28FN5O2S. The van der Waals surface area contributed by atoms with Crippen molar-refractivity contribution in [2.24, 2.45) is 11.7 Å². The van der Waals surface area contributed by atoms with Gasteiger partial charge in [0, 0.05) is 48.9 Å². The molecule has 3 aliphatic rings. The third kappa shape index (κ3) is 4.06. The lowest BCUT2D eigenvalue weighted by Crippen LogP contribution is -2.53. The number of likely N-dealkylation sites (tertiary alicyclic amines) is 1. The highest BCUT2D eigenvalue weighted by Gasteiger charge is 2.37. The average Bonchev–Trinajstić information content (AvgIpc) is 3.28. The van der Waals surface area contributed by atoms with Crippen molar-refractivity contribution >= 4 is 23.2 Å². The summed E-state index contributed by atoms with van der Waals surface area (Å²) >= 11 is 1.44. The van der Waals surface area contributed by atoms with Gasteiger partial charge in [-0.15, -0.1) is 11.3 Å². The molecule has 2 aliphatic heterocycles. The number of likely N-dealkylation sites (N-methyl/N-ethyl adjacent to an activating group) is 1. The number of nitrogens with two attached hydrogens (primary N) is 1. The number of fused-ring (bicyclic) bond motifs is 1. The number of rotatable bonds is 3. The summed E-state index contributed by atoms with van der Waals surface area (Å²) in [6, 6.07) is -0.441. The van der Waals surface area contributed by atoms with E-state index in [0.29, 0.717) is 37.2 Å². The highest BCUT2D eigenvalue weighted by Crippen LogP contribution is 2.29. The molecule has 9 heteroatoms. The van der Waals surface area contributed by atoms with Gasteiger partial charge in [-0.3, -0.25) is 9.59 Å². The first kappa shape index (κ1) is 19.7. The van der Waals surface area contributed by atoms with E-state index in [-0.39, 0.29) is 36.4 Å². The lowest BCUT2D eigenvalue weighted by molar-refractivity contribution is -0.136. The molecule has 3 unspecified atom stereocenters. The zero-order valence-corrected chi connectivity index (χ0v) is 17.0. The molecule has 0 radical (unpaired) electrons. The van der Waals surface area contributed by atoms with E-state index in [9.17, 15) is 14.0 Å². The maximum Gasteiger partial charge on any atom is 0.280 e. The van der Waals surface area contributed by atoms with Gasteiger partial charge >= 0.3 is 0 Å². The summed E-state index contributed by atoms with van der Waals surface area (Å²) in [5, 5.41) is 3.49. The van der Waals surface area contributed by atoms with Crippen molar-refractivity contribution in [1.29, 1.82) is 0 Å². The number of halogens is 1. The van der Waals surface area contributed by atoms with Crippen LogP contribution in [0, 0.1) is 5.92 Å². The van der Waals surface area contributed by atoms with Crippen molar-refractivity contribution in [3.8, 4) is 0 Å². The van der Waals surface area contributed by atoms with Gasteiger partial charge in [0.15, 0.2) is 5.01 Å². The third-order valence-electron chi connectivity index (χ3n) is 6.13. The van der Waals surface area contributed by atoms with Crippen LogP contribution in [0.4, 0.5) is 4.39 Å². The standard InChI is InChI=1S/C19H28FN5O2S/c1-24-6-5-14-16(10-24)28-18(23-14)17(26)22-15-8-11(2-3-13(15)21)19(27)25-7-4-12(20)9-25/h11-13,15H,2-10,21H2,1H3,(H,22,26)/t11?,12-,13?,15?/m0/s1. The Morgan fingerprint density at radius 1 is 1.29 bits per heavy atom. The van der Waals surface area contributed by atoms with E-state index in [0.717, 1.165) is 30.1 Å². The van der Waals surface area contributed by atoms with Crippen LogP contribution in [0.25, 0.3) is 0 Å².